The van der Waals surface area contributed by atoms with E-state index in [-0.39, 0.29) is 12.1 Å². The fraction of sp³-hybridized carbons (Fsp3) is 0.682. The van der Waals surface area contributed by atoms with Crippen molar-refractivity contribution in [2.75, 3.05) is 26.2 Å². The van der Waals surface area contributed by atoms with E-state index in [4.69, 9.17) is 0 Å². The first kappa shape index (κ1) is 20.8. The van der Waals surface area contributed by atoms with Crippen molar-refractivity contribution in [1.29, 1.82) is 0 Å². The van der Waals surface area contributed by atoms with Crippen molar-refractivity contribution >= 4 is 11.8 Å². The van der Waals surface area contributed by atoms with Crippen LogP contribution in [0, 0.1) is 5.92 Å². The Morgan fingerprint density at radius 1 is 1.36 bits per heavy atom. The van der Waals surface area contributed by atoms with Gasteiger partial charge in [-0.15, -0.1) is 0 Å². The summed E-state index contributed by atoms with van der Waals surface area (Å²) in [6.45, 7) is 7.48. The Morgan fingerprint density at radius 2 is 2.21 bits per heavy atom. The molecule has 0 spiro atoms. The van der Waals surface area contributed by atoms with Crippen molar-refractivity contribution in [1.82, 2.24) is 20.1 Å². The molecule has 1 aromatic rings. The summed E-state index contributed by atoms with van der Waals surface area (Å²) in [7, 11) is 0. The molecule has 1 N–H and O–H groups in total. The predicted molar refractivity (Wildman–Crippen MR) is 110 cm³/mol. The molecule has 0 aromatic carbocycles. The lowest BCUT2D eigenvalue weighted by molar-refractivity contribution is -0.124. The molecular formula is C22H34N4O2. The Hall–Kier alpha value is -1.95. The van der Waals surface area contributed by atoms with E-state index in [1.165, 1.54) is 0 Å². The molecule has 1 saturated carbocycles. The van der Waals surface area contributed by atoms with E-state index in [1.54, 1.807) is 6.20 Å². The van der Waals surface area contributed by atoms with Gasteiger partial charge < -0.3 is 10.2 Å². The molecule has 2 aliphatic rings. The number of likely N-dealkylation sites (tertiary alicyclic amines) is 1. The Kier molecular flexibility index (Phi) is 7.43. The number of carbonyl (C=O) groups is 2. The van der Waals surface area contributed by atoms with Gasteiger partial charge in [-0.05, 0) is 50.8 Å². The summed E-state index contributed by atoms with van der Waals surface area (Å²) >= 11 is 0. The molecule has 3 atom stereocenters. The molecule has 6 heteroatoms. The number of hydrogen-bond donors (Lipinski definition) is 1. The van der Waals surface area contributed by atoms with Crippen molar-refractivity contribution in [2.24, 2.45) is 5.92 Å². The lowest BCUT2D eigenvalue weighted by Crippen LogP contribution is -2.58. The largest absolute Gasteiger partial charge is 0.334 e. The van der Waals surface area contributed by atoms with Crippen LogP contribution in [0.25, 0.3) is 0 Å². The van der Waals surface area contributed by atoms with E-state index in [0.717, 1.165) is 50.9 Å². The summed E-state index contributed by atoms with van der Waals surface area (Å²) in [5.74, 6) is 0.769. The minimum Gasteiger partial charge on any atom is -0.334 e. The normalized spacial score (nSPS) is 25.2. The number of urea groups is 1. The third kappa shape index (κ3) is 5.31. The summed E-state index contributed by atoms with van der Waals surface area (Å²) in [6.07, 6.45) is 6.94. The van der Waals surface area contributed by atoms with Crippen molar-refractivity contribution < 1.29 is 9.59 Å². The first-order valence-corrected chi connectivity index (χ1v) is 10.8. The maximum atomic E-state index is 12.9. The van der Waals surface area contributed by atoms with Gasteiger partial charge in [0.15, 0.2) is 0 Å². The molecule has 2 heterocycles. The molecule has 2 fully saturated rings. The SMILES string of the molecule is CCCN1C[C@@H](NC(=O)N(CC)CCc2ccccn2)C[C@@H]2CC(=O)CC[C@H]21. The third-order valence-electron chi connectivity index (χ3n) is 6.14. The van der Waals surface area contributed by atoms with Gasteiger partial charge in [0.2, 0.25) is 0 Å². The second-order valence-corrected chi connectivity index (χ2v) is 8.14. The van der Waals surface area contributed by atoms with Crippen molar-refractivity contribution in [3.8, 4) is 0 Å². The fourth-order valence-corrected chi connectivity index (χ4v) is 4.77. The minimum atomic E-state index is 0.000431. The highest BCUT2D eigenvalue weighted by atomic mass is 16.2. The highest BCUT2D eigenvalue weighted by Crippen LogP contribution is 2.34. The van der Waals surface area contributed by atoms with Crippen LogP contribution < -0.4 is 5.32 Å². The molecule has 2 amide bonds. The first-order chi connectivity index (χ1) is 13.6. The molecular weight excluding hydrogens is 352 g/mol. The van der Waals surface area contributed by atoms with Crippen LogP contribution in [0.5, 0.6) is 0 Å². The Morgan fingerprint density at radius 3 is 2.93 bits per heavy atom. The van der Waals surface area contributed by atoms with Crippen LogP contribution in [0.3, 0.4) is 0 Å². The Labute approximate surface area is 168 Å². The van der Waals surface area contributed by atoms with Crippen LogP contribution >= 0.6 is 0 Å². The van der Waals surface area contributed by atoms with Crippen LogP contribution in [-0.4, -0.2) is 64.9 Å². The third-order valence-corrected chi connectivity index (χ3v) is 6.14. The zero-order chi connectivity index (χ0) is 19.9. The number of nitrogens with zero attached hydrogens (tertiary/aromatic N) is 3. The highest BCUT2D eigenvalue weighted by molar-refractivity contribution is 5.79. The van der Waals surface area contributed by atoms with E-state index < -0.39 is 0 Å². The number of carbonyl (C=O) groups excluding carboxylic acids is 2. The summed E-state index contributed by atoms with van der Waals surface area (Å²) in [5.41, 5.74) is 1.00. The molecule has 0 radical (unpaired) electrons. The highest BCUT2D eigenvalue weighted by Gasteiger charge is 2.39. The molecule has 0 bridgehead atoms. The number of Topliss-reactive ketones (excluding diaryl/α,β-unsaturated/α-hetero) is 1. The summed E-state index contributed by atoms with van der Waals surface area (Å²) in [5, 5.41) is 3.26. The second-order valence-electron chi connectivity index (χ2n) is 8.14. The smallest absolute Gasteiger partial charge is 0.317 e. The van der Waals surface area contributed by atoms with Crippen molar-refractivity contribution in [2.45, 2.75) is 64.5 Å². The Balaban J connectivity index is 1.57. The van der Waals surface area contributed by atoms with Gasteiger partial charge in [0.05, 0.1) is 0 Å². The molecule has 6 nitrogen and oxygen atoms in total. The molecule has 1 aromatic heterocycles. The van der Waals surface area contributed by atoms with E-state index in [0.29, 0.717) is 37.3 Å². The van der Waals surface area contributed by atoms with E-state index in [9.17, 15) is 9.59 Å². The maximum absolute atomic E-state index is 12.9. The monoisotopic (exact) mass is 386 g/mol. The molecule has 1 aliphatic heterocycles. The number of ketones is 1. The standard InChI is InChI=1S/C22H34N4O2/c1-3-12-26-16-19(14-17-15-20(27)8-9-21(17)26)24-22(28)25(4-2)13-10-18-7-5-6-11-23-18/h5-7,11,17,19,21H,3-4,8-10,12-16H2,1-2H3,(H,24,28)/t17-,19+,21-/m1/s1. The van der Waals surface area contributed by atoms with Crippen molar-refractivity contribution in [3.05, 3.63) is 30.1 Å². The van der Waals surface area contributed by atoms with Gasteiger partial charge in [-0.2, -0.15) is 0 Å². The summed E-state index contributed by atoms with van der Waals surface area (Å²) in [4.78, 5) is 33.5. The first-order valence-electron chi connectivity index (χ1n) is 10.8. The lowest BCUT2D eigenvalue weighted by Gasteiger charge is -2.47. The van der Waals surface area contributed by atoms with Crippen LogP contribution in [0.2, 0.25) is 0 Å². The quantitative estimate of drug-likeness (QED) is 0.783. The number of pyridine rings is 1. The number of amides is 2. The van der Waals surface area contributed by atoms with Gasteiger partial charge in [0.1, 0.15) is 5.78 Å². The van der Waals surface area contributed by atoms with Crippen LogP contribution in [0.4, 0.5) is 4.79 Å². The minimum absolute atomic E-state index is 0.000431. The van der Waals surface area contributed by atoms with E-state index in [1.807, 2.05) is 30.0 Å². The fourth-order valence-electron chi connectivity index (χ4n) is 4.77. The predicted octanol–water partition coefficient (Wildman–Crippen LogP) is 2.88. The van der Waals surface area contributed by atoms with E-state index >= 15 is 0 Å². The molecule has 1 aliphatic carbocycles. The van der Waals surface area contributed by atoms with Gasteiger partial charge in [0, 0.05) is 62.9 Å². The zero-order valence-electron chi connectivity index (χ0n) is 17.3. The van der Waals surface area contributed by atoms with Gasteiger partial charge in [-0.25, -0.2) is 4.79 Å². The average Bonchev–Trinajstić information content (AvgIpc) is 2.69. The van der Waals surface area contributed by atoms with Gasteiger partial charge in [-0.3, -0.25) is 14.7 Å². The molecule has 0 unspecified atom stereocenters. The lowest BCUT2D eigenvalue weighted by atomic mass is 9.76. The summed E-state index contributed by atoms with van der Waals surface area (Å²) < 4.78 is 0. The maximum Gasteiger partial charge on any atom is 0.317 e. The van der Waals surface area contributed by atoms with Gasteiger partial charge >= 0.3 is 6.03 Å². The molecule has 3 rings (SSSR count). The number of rotatable bonds is 7. The number of fused-ring (bicyclic) bond motifs is 1. The molecule has 1 saturated heterocycles. The molecule has 28 heavy (non-hydrogen) atoms. The zero-order valence-corrected chi connectivity index (χ0v) is 17.3. The second kappa shape index (κ2) is 10.0. The number of likely N-dealkylation sites (N-methyl/N-ethyl adjacent to an activating group) is 1. The Bertz CT molecular complexity index is 651. The summed E-state index contributed by atoms with van der Waals surface area (Å²) in [6, 6.07) is 6.51. The van der Waals surface area contributed by atoms with Crippen LogP contribution in [0.1, 0.15) is 51.6 Å². The number of piperidine rings is 1. The molecule has 154 valence electrons. The van der Waals surface area contributed by atoms with Gasteiger partial charge in [-0.1, -0.05) is 13.0 Å². The average molecular weight is 387 g/mol. The van der Waals surface area contributed by atoms with E-state index in [2.05, 4.69) is 22.1 Å². The van der Waals surface area contributed by atoms with Crippen LogP contribution in [-0.2, 0) is 11.2 Å². The topological polar surface area (TPSA) is 65.5 Å². The number of hydrogen-bond acceptors (Lipinski definition) is 4. The van der Waals surface area contributed by atoms with Gasteiger partial charge in [0.25, 0.3) is 0 Å². The van der Waals surface area contributed by atoms with Crippen molar-refractivity contribution in [3.63, 3.8) is 0 Å². The van der Waals surface area contributed by atoms with Crippen LogP contribution in [0.15, 0.2) is 24.4 Å². The number of aromatic nitrogens is 1. The number of nitrogens with one attached hydrogen (secondary N) is 1.